The van der Waals surface area contributed by atoms with Crippen LogP contribution in [-0.4, -0.2) is 59.9 Å². The normalized spacial score (nSPS) is 11.5. The molecule has 1 heterocycles. The lowest BCUT2D eigenvalue weighted by atomic mass is 9.93. The molecule has 0 amide bonds. The molecule has 0 aromatic heterocycles. The second kappa shape index (κ2) is 18.7. The standard InChI is InChI=1S/C23H28O6.C12H14O3.C12H16O3/c1-10-12(3)16(7)20(24)18(14(10)5)22(26)28-9-29-23(27)19-15(6)11(2)13(4)17(8)21(19)25;1-6-7(2)9(4)11-10(8(6)3)12(13)15-5-14-11;1-6-7(2)9(4)11(13)10(8(6)3)12(14)15-5/h24-25H,9H2,1-8H3;5H2,1-4H3;13H,1-5H3. The highest BCUT2D eigenvalue weighted by molar-refractivity contribution is 5.98. The van der Waals surface area contributed by atoms with Gasteiger partial charge in [0.25, 0.3) is 0 Å². The number of cyclic esters (lactones) is 1. The van der Waals surface area contributed by atoms with Crippen LogP contribution >= 0.6 is 0 Å². The van der Waals surface area contributed by atoms with Crippen LogP contribution in [0.4, 0.5) is 0 Å². The first kappa shape index (κ1) is 47.3. The largest absolute Gasteiger partial charge is 0.507 e. The summed E-state index contributed by atoms with van der Waals surface area (Å²) >= 11 is 0. The van der Waals surface area contributed by atoms with Gasteiger partial charge in [0.15, 0.2) is 0 Å². The van der Waals surface area contributed by atoms with Gasteiger partial charge in [0.1, 0.15) is 45.3 Å². The number of methoxy groups -OCH3 is 1. The highest BCUT2D eigenvalue weighted by Crippen LogP contribution is 2.37. The van der Waals surface area contributed by atoms with E-state index in [1.54, 1.807) is 34.6 Å². The molecule has 1 aliphatic rings. The van der Waals surface area contributed by atoms with E-state index in [1.165, 1.54) is 12.7 Å². The minimum absolute atomic E-state index is 0.0224. The molecule has 4 aromatic carbocycles. The summed E-state index contributed by atoms with van der Waals surface area (Å²) in [6.07, 6.45) is 0. The number of phenols is 3. The van der Waals surface area contributed by atoms with Gasteiger partial charge >= 0.3 is 23.9 Å². The lowest BCUT2D eigenvalue weighted by Gasteiger charge is -2.23. The van der Waals surface area contributed by atoms with Crippen LogP contribution in [0.2, 0.25) is 0 Å². The zero-order valence-electron chi connectivity index (χ0n) is 37.4. The van der Waals surface area contributed by atoms with Crippen molar-refractivity contribution in [3.8, 4) is 23.0 Å². The van der Waals surface area contributed by atoms with E-state index in [-0.39, 0.29) is 46.7 Å². The monoisotopic (exact) mass is 814 g/mol. The van der Waals surface area contributed by atoms with E-state index >= 15 is 0 Å². The van der Waals surface area contributed by atoms with E-state index in [0.717, 1.165) is 61.2 Å². The van der Waals surface area contributed by atoms with E-state index in [4.69, 9.17) is 18.9 Å². The number of benzene rings is 4. The van der Waals surface area contributed by atoms with Crippen molar-refractivity contribution < 1.29 is 58.2 Å². The third-order valence-corrected chi connectivity index (χ3v) is 12.4. The summed E-state index contributed by atoms with van der Waals surface area (Å²) in [7, 11) is 1.31. The van der Waals surface area contributed by atoms with Gasteiger partial charge in [-0.3, -0.25) is 0 Å². The SMILES string of the molecule is COC(=O)c1c(C)c(C)c(C)c(C)c1O.Cc1c(C)c(C)c(C(=O)OCOC(=O)c2c(C)c(C)c(C)c(C)c2O)c(O)c1C.Cc1c(C)c(C)c2c(c1C)OCOC2=O. The van der Waals surface area contributed by atoms with Crippen molar-refractivity contribution >= 4 is 23.9 Å². The second-order valence-corrected chi connectivity index (χ2v) is 15.0. The number of ether oxygens (including phenoxy) is 5. The Hall–Kier alpha value is -6.04. The van der Waals surface area contributed by atoms with Gasteiger partial charge in [-0.25, -0.2) is 19.2 Å². The van der Waals surface area contributed by atoms with E-state index in [2.05, 4.69) is 4.74 Å². The molecule has 5 rings (SSSR count). The fraction of sp³-hybridized carbons (Fsp3) is 0.404. The fourth-order valence-corrected chi connectivity index (χ4v) is 6.93. The van der Waals surface area contributed by atoms with E-state index in [0.29, 0.717) is 33.6 Å². The molecule has 0 saturated carbocycles. The van der Waals surface area contributed by atoms with Gasteiger partial charge < -0.3 is 39.0 Å². The van der Waals surface area contributed by atoms with Gasteiger partial charge in [0.05, 0.1) is 7.11 Å². The minimum atomic E-state index is -0.781. The third kappa shape index (κ3) is 9.01. The number of rotatable bonds is 5. The first-order chi connectivity index (χ1) is 27.4. The predicted octanol–water partition coefficient (Wildman–Crippen LogP) is 9.38. The molecular formula is C47H58O12. The molecular weight excluding hydrogens is 757 g/mol. The van der Waals surface area contributed by atoms with Gasteiger partial charge in [-0.15, -0.1) is 0 Å². The first-order valence-electron chi connectivity index (χ1n) is 19.1. The third-order valence-electron chi connectivity index (χ3n) is 12.4. The van der Waals surface area contributed by atoms with Crippen LogP contribution in [0.3, 0.4) is 0 Å². The molecule has 12 nitrogen and oxygen atoms in total. The topological polar surface area (TPSA) is 175 Å². The Morgan fingerprint density at radius 1 is 0.441 bits per heavy atom. The lowest BCUT2D eigenvalue weighted by molar-refractivity contribution is -0.0172. The Morgan fingerprint density at radius 3 is 1.10 bits per heavy atom. The van der Waals surface area contributed by atoms with Crippen LogP contribution in [0, 0.1) is 111 Å². The van der Waals surface area contributed by atoms with Crippen molar-refractivity contribution in [1.29, 1.82) is 0 Å². The van der Waals surface area contributed by atoms with Crippen LogP contribution in [-0.2, 0) is 18.9 Å². The quantitative estimate of drug-likeness (QED) is 0.0991. The highest BCUT2D eigenvalue weighted by atomic mass is 16.7. The van der Waals surface area contributed by atoms with Gasteiger partial charge in [-0.2, -0.15) is 0 Å². The number of esters is 4. The summed E-state index contributed by atoms with van der Waals surface area (Å²) in [4.78, 5) is 48.1. The van der Waals surface area contributed by atoms with Crippen LogP contribution in [0.15, 0.2) is 0 Å². The molecule has 0 saturated heterocycles. The molecule has 4 aromatic rings. The number of hydrogen-bond acceptors (Lipinski definition) is 12. The number of carbonyl (C=O) groups is 4. The summed E-state index contributed by atoms with van der Waals surface area (Å²) in [6.45, 7) is 29.2. The number of phenolic OH excluding ortho intramolecular Hbond substituents is 3. The Kier molecular flexibility index (Phi) is 15.0. The van der Waals surface area contributed by atoms with Crippen molar-refractivity contribution in [2.75, 3.05) is 20.7 Å². The van der Waals surface area contributed by atoms with E-state index in [1.807, 2.05) is 76.2 Å². The van der Waals surface area contributed by atoms with Crippen molar-refractivity contribution in [3.63, 3.8) is 0 Å². The summed E-state index contributed by atoms with van der Waals surface area (Å²) in [5.74, 6) is -1.89. The van der Waals surface area contributed by atoms with E-state index in [9.17, 15) is 34.5 Å². The fourth-order valence-electron chi connectivity index (χ4n) is 6.93. The highest BCUT2D eigenvalue weighted by Gasteiger charge is 2.27. The van der Waals surface area contributed by atoms with Crippen molar-refractivity contribution in [1.82, 2.24) is 0 Å². The second-order valence-electron chi connectivity index (χ2n) is 15.0. The first-order valence-corrected chi connectivity index (χ1v) is 19.1. The lowest BCUT2D eigenvalue weighted by Crippen LogP contribution is -2.21. The molecule has 3 N–H and O–H groups in total. The molecule has 0 atom stereocenters. The van der Waals surface area contributed by atoms with Crippen molar-refractivity contribution in [2.45, 2.75) is 111 Å². The molecule has 0 aliphatic carbocycles. The maximum absolute atomic E-state index is 12.5. The van der Waals surface area contributed by atoms with Crippen LogP contribution in [0.25, 0.3) is 0 Å². The van der Waals surface area contributed by atoms with E-state index < -0.39 is 24.7 Å². The summed E-state index contributed by atoms with van der Waals surface area (Å²) in [5, 5.41) is 30.6. The van der Waals surface area contributed by atoms with Gasteiger partial charge in [0.2, 0.25) is 13.6 Å². The Balaban J connectivity index is 0.000000260. The summed E-state index contributed by atoms with van der Waals surface area (Å²) in [5.41, 5.74) is 14.8. The Labute approximate surface area is 347 Å². The molecule has 0 unspecified atom stereocenters. The number of aromatic hydroxyl groups is 3. The predicted molar refractivity (Wildman–Crippen MR) is 225 cm³/mol. The van der Waals surface area contributed by atoms with Crippen LogP contribution in [0.1, 0.15) is 130 Å². The molecule has 1 aliphatic heterocycles. The molecule has 0 radical (unpaired) electrons. The summed E-state index contributed by atoms with van der Waals surface area (Å²) < 4.78 is 25.1. The van der Waals surface area contributed by atoms with Gasteiger partial charge in [-0.05, 0) is 200 Å². The van der Waals surface area contributed by atoms with Crippen molar-refractivity contribution in [2.24, 2.45) is 0 Å². The smallest absolute Gasteiger partial charge is 0.345 e. The molecule has 0 bridgehead atoms. The van der Waals surface area contributed by atoms with Gasteiger partial charge in [-0.1, -0.05) is 0 Å². The Bertz CT molecular complexity index is 2210. The zero-order chi connectivity index (χ0) is 45.1. The number of carbonyl (C=O) groups excluding carboxylic acids is 4. The molecule has 59 heavy (non-hydrogen) atoms. The molecule has 0 spiro atoms. The zero-order valence-corrected chi connectivity index (χ0v) is 37.4. The van der Waals surface area contributed by atoms with Crippen molar-refractivity contribution in [3.05, 3.63) is 111 Å². The molecule has 318 valence electrons. The average molecular weight is 815 g/mol. The molecule has 12 heteroatoms. The molecule has 0 fully saturated rings. The van der Waals surface area contributed by atoms with Gasteiger partial charge in [0, 0.05) is 0 Å². The number of hydrogen-bond donors (Lipinski definition) is 3. The Morgan fingerprint density at radius 2 is 0.746 bits per heavy atom. The summed E-state index contributed by atoms with van der Waals surface area (Å²) in [6, 6.07) is 0. The average Bonchev–Trinajstić information content (AvgIpc) is 3.20. The number of fused-ring (bicyclic) bond motifs is 1. The minimum Gasteiger partial charge on any atom is -0.507 e. The van der Waals surface area contributed by atoms with Crippen LogP contribution < -0.4 is 4.74 Å². The van der Waals surface area contributed by atoms with Crippen LogP contribution in [0.5, 0.6) is 23.0 Å². The maximum Gasteiger partial charge on any atom is 0.345 e. The maximum atomic E-state index is 12.5.